The van der Waals surface area contributed by atoms with Crippen molar-refractivity contribution >= 4 is 21.8 Å². The fourth-order valence-electron chi connectivity index (χ4n) is 1.39. The molecule has 0 aromatic heterocycles. The average Bonchev–Trinajstić information content (AvgIpc) is 2.49. The first-order valence-corrected chi connectivity index (χ1v) is 4.92. The molecule has 1 amide bonds. The van der Waals surface area contributed by atoms with E-state index in [-0.39, 0.29) is 16.8 Å². The number of carbonyl (C=O) groups is 1. The first-order valence-electron chi connectivity index (χ1n) is 4.01. The normalized spacial score (nSPS) is 25.1. The lowest BCUT2D eigenvalue weighted by Crippen LogP contribution is -2.38. The second-order valence-electron chi connectivity index (χ2n) is 2.93. The van der Waals surface area contributed by atoms with Gasteiger partial charge >= 0.3 is 0 Å². The number of carbonyl (C=O) groups excluding carboxylic acids is 1. The second kappa shape index (κ2) is 3.90. The summed E-state index contributed by atoms with van der Waals surface area (Å²) in [6.45, 7) is 2.52. The average molecular weight is 231 g/mol. The topological polar surface area (TPSA) is 44.1 Å². The summed E-state index contributed by atoms with van der Waals surface area (Å²) in [7, 11) is 0. The van der Waals surface area contributed by atoms with Gasteiger partial charge in [-0.15, -0.1) is 0 Å². The van der Waals surface area contributed by atoms with E-state index in [4.69, 9.17) is 5.26 Å². The molecule has 1 aliphatic heterocycles. The van der Waals surface area contributed by atoms with Crippen molar-refractivity contribution in [2.75, 3.05) is 6.54 Å². The van der Waals surface area contributed by atoms with Gasteiger partial charge in [0, 0.05) is 6.54 Å². The molecule has 0 aliphatic carbocycles. The Morgan fingerprint density at radius 2 is 2.50 bits per heavy atom. The Labute approximate surface area is 80.5 Å². The summed E-state index contributed by atoms with van der Waals surface area (Å²) in [4.78, 5) is 12.9. The van der Waals surface area contributed by atoms with Gasteiger partial charge in [0.05, 0.1) is 10.9 Å². The van der Waals surface area contributed by atoms with E-state index in [0.717, 1.165) is 19.4 Å². The molecule has 0 unspecified atom stereocenters. The van der Waals surface area contributed by atoms with Crippen LogP contribution >= 0.6 is 15.9 Å². The number of hydrogen-bond acceptors (Lipinski definition) is 2. The number of rotatable bonds is 1. The van der Waals surface area contributed by atoms with E-state index in [1.54, 1.807) is 11.8 Å². The molecule has 3 nitrogen and oxygen atoms in total. The van der Waals surface area contributed by atoms with Crippen LogP contribution in [0.3, 0.4) is 0 Å². The molecule has 2 atom stereocenters. The predicted molar refractivity (Wildman–Crippen MR) is 48.7 cm³/mol. The van der Waals surface area contributed by atoms with Gasteiger partial charge < -0.3 is 4.90 Å². The van der Waals surface area contributed by atoms with Crippen LogP contribution in [0.25, 0.3) is 0 Å². The minimum absolute atomic E-state index is 0.0269. The highest BCUT2D eigenvalue weighted by Gasteiger charge is 2.30. The van der Waals surface area contributed by atoms with Crippen molar-refractivity contribution in [2.45, 2.75) is 30.6 Å². The SMILES string of the molecule is C[C@H](Br)C(=O)N1CCC[C@H]1C#N. The lowest BCUT2D eigenvalue weighted by Gasteiger charge is -2.20. The number of nitriles is 1. The van der Waals surface area contributed by atoms with E-state index >= 15 is 0 Å². The quantitative estimate of drug-likeness (QED) is 0.638. The molecule has 66 valence electrons. The number of hydrogen-bond donors (Lipinski definition) is 0. The van der Waals surface area contributed by atoms with Crippen molar-refractivity contribution < 1.29 is 4.79 Å². The summed E-state index contributed by atoms with van der Waals surface area (Å²) < 4.78 is 0. The lowest BCUT2D eigenvalue weighted by molar-refractivity contribution is -0.130. The molecule has 12 heavy (non-hydrogen) atoms. The maximum absolute atomic E-state index is 11.4. The van der Waals surface area contributed by atoms with Crippen LogP contribution in [0.5, 0.6) is 0 Å². The van der Waals surface area contributed by atoms with E-state index in [0.29, 0.717) is 0 Å². The van der Waals surface area contributed by atoms with E-state index in [9.17, 15) is 4.79 Å². The number of alkyl halides is 1. The molecule has 1 heterocycles. The number of amides is 1. The highest BCUT2D eigenvalue weighted by atomic mass is 79.9. The van der Waals surface area contributed by atoms with Gasteiger partial charge in [0.1, 0.15) is 6.04 Å². The first kappa shape index (κ1) is 9.53. The van der Waals surface area contributed by atoms with Crippen LogP contribution in [-0.4, -0.2) is 28.2 Å². The maximum Gasteiger partial charge on any atom is 0.237 e. The second-order valence-corrected chi connectivity index (χ2v) is 4.31. The van der Waals surface area contributed by atoms with Crippen LogP contribution in [0.15, 0.2) is 0 Å². The largest absolute Gasteiger partial charge is 0.326 e. The van der Waals surface area contributed by atoms with Gasteiger partial charge in [0.25, 0.3) is 0 Å². The minimum Gasteiger partial charge on any atom is -0.326 e. The maximum atomic E-state index is 11.4. The smallest absolute Gasteiger partial charge is 0.237 e. The Morgan fingerprint density at radius 1 is 1.83 bits per heavy atom. The third-order valence-electron chi connectivity index (χ3n) is 2.03. The van der Waals surface area contributed by atoms with E-state index in [1.807, 2.05) is 0 Å². The molecule has 0 saturated carbocycles. The number of halogens is 1. The molecule has 0 bridgehead atoms. The molecule has 0 spiro atoms. The predicted octanol–water partition coefficient (Wildman–Crippen LogP) is 1.28. The monoisotopic (exact) mass is 230 g/mol. The molecule has 1 aliphatic rings. The first-order chi connectivity index (χ1) is 5.66. The van der Waals surface area contributed by atoms with Gasteiger partial charge in [-0.3, -0.25) is 4.79 Å². The molecule has 0 aromatic carbocycles. The zero-order valence-corrected chi connectivity index (χ0v) is 8.54. The summed E-state index contributed by atoms with van der Waals surface area (Å²) in [5.41, 5.74) is 0. The highest BCUT2D eigenvalue weighted by Crippen LogP contribution is 2.18. The Hall–Kier alpha value is -0.560. The van der Waals surface area contributed by atoms with Crippen molar-refractivity contribution in [3.05, 3.63) is 0 Å². The zero-order valence-electron chi connectivity index (χ0n) is 6.96. The number of nitrogens with zero attached hydrogens (tertiary/aromatic N) is 2. The Bertz CT molecular complexity index is 222. The number of likely N-dealkylation sites (tertiary alicyclic amines) is 1. The molecule has 0 radical (unpaired) electrons. The van der Waals surface area contributed by atoms with Crippen LogP contribution in [0, 0.1) is 11.3 Å². The van der Waals surface area contributed by atoms with Gasteiger partial charge in [-0.1, -0.05) is 15.9 Å². The van der Waals surface area contributed by atoms with Gasteiger partial charge in [0.2, 0.25) is 5.91 Å². The van der Waals surface area contributed by atoms with Crippen LogP contribution in [0.4, 0.5) is 0 Å². The Morgan fingerprint density at radius 3 is 3.00 bits per heavy atom. The van der Waals surface area contributed by atoms with Gasteiger partial charge in [-0.25, -0.2) is 0 Å². The third-order valence-corrected chi connectivity index (χ3v) is 2.42. The molecule has 1 rings (SSSR count). The fraction of sp³-hybridized carbons (Fsp3) is 0.750. The van der Waals surface area contributed by atoms with Crippen LogP contribution in [-0.2, 0) is 4.79 Å². The van der Waals surface area contributed by atoms with E-state index < -0.39 is 0 Å². The van der Waals surface area contributed by atoms with Crippen molar-refractivity contribution in [2.24, 2.45) is 0 Å². The van der Waals surface area contributed by atoms with Crippen molar-refractivity contribution in [1.29, 1.82) is 5.26 Å². The summed E-state index contributed by atoms with van der Waals surface area (Å²) in [5, 5.41) is 8.71. The zero-order chi connectivity index (χ0) is 9.14. The van der Waals surface area contributed by atoms with Crippen molar-refractivity contribution in [1.82, 2.24) is 4.90 Å². The van der Waals surface area contributed by atoms with Crippen LogP contribution < -0.4 is 0 Å². The molecule has 1 fully saturated rings. The summed E-state index contributed by atoms with van der Waals surface area (Å²) in [5.74, 6) is 0.0269. The van der Waals surface area contributed by atoms with E-state index in [2.05, 4.69) is 22.0 Å². The minimum atomic E-state index is -0.197. The van der Waals surface area contributed by atoms with Gasteiger partial charge in [-0.2, -0.15) is 5.26 Å². The summed E-state index contributed by atoms with van der Waals surface area (Å²) in [6, 6.07) is 1.94. The Balaban J connectivity index is 2.63. The molecular weight excluding hydrogens is 220 g/mol. The van der Waals surface area contributed by atoms with E-state index in [1.165, 1.54) is 0 Å². The highest BCUT2D eigenvalue weighted by molar-refractivity contribution is 9.10. The fourth-order valence-corrected chi connectivity index (χ4v) is 1.66. The summed E-state index contributed by atoms with van der Waals surface area (Å²) in [6.07, 6.45) is 1.77. The molecule has 4 heteroatoms. The Kier molecular flexibility index (Phi) is 3.10. The summed E-state index contributed by atoms with van der Waals surface area (Å²) >= 11 is 3.21. The molecule has 0 N–H and O–H groups in total. The lowest BCUT2D eigenvalue weighted by atomic mass is 10.2. The molecule has 0 aromatic rings. The van der Waals surface area contributed by atoms with Crippen molar-refractivity contribution in [3.63, 3.8) is 0 Å². The third kappa shape index (κ3) is 1.78. The standard InChI is InChI=1S/C8H11BrN2O/c1-6(9)8(12)11-4-2-3-7(11)5-10/h6-7H,2-4H2,1H3/t6-,7-/m0/s1. The van der Waals surface area contributed by atoms with Crippen LogP contribution in [0.2, 0.25) is 0 Å². The molecule has 1 saturated heterocycles. The van der Waals surface area contributed by atoms with Gasteiger partial charge in [0.15, 0.2) is 0 Å². The van der Waals surface area contributed by atoms with Crippen molar-refractivity contribution in [3.8, 4) is 6.07 Å². The van der Waals surface area contributed by atoms with Gasteiger partial charge in [-0.05, 0) is 19.8 Å². The molecular formula is C8H11BrN2O. The van der Waals surface area contributed by atoms with Crippen LogP contribution in [0.1, 0.15) is 19.8 Å².